The Hall–Kier alpha value is -2.53. The molecule has 1 N–H and O–H groups in total. The van der Waals surface area contributed by atoms with Crippen LogP contribution in [0.2, 0.25) is 5.02 Å². The number of halogens is 1. The van der Waals surface area contributed by atoms with E-state index >= 15 is 0 Å². The Morgan fingerprint density at radius 1 is 1.12 bits per heavy atom. The molecule has 0 unspecified atom stereocenters. The third kappa shape index (κ3) is 5.49. The number of aryl methyl sites for hydroxylation is 1. The van der Waals surface area contributed by atoms with Gasteiger partial charge in [-0.1, -0.05) is 23.7 Å². The molecular weight excluding hydrogens is 348 g/mol. The van der Waals surface area contributed by atoms with E-state index in [1.165, 1.54) is 0 Å². The average molecular weight is 371 g/mol. The van der Waals surface area contributed by atoms with Gasteiger partial charge in [-0.15, -0.1) is 0 Å². The SMILES string of the molecule is O=C(C[C@@H](Cn1cccc1)c1ccc(Cl)cc1)NCCCn1ccnc1. The molecule has 0 aliphatic heterocycles. The van der Waals surface area contributed by atoms with Crippen molar-refractivity contribution in [3.05, 3.63) is 78.1 Å². The largest absolute Gasteiger partial charge is 0.356 e. The summed E-state index contributed by atoms with van der Waals surface area (Å²) in [6.07, 6.45) is 10.8. The maximum atomic E-state index is 12.4. The number of carbonyl (C=O) groups is 1. The van der Waals surface area contributed by atoms with E-state index in [1.54, 1.807) is 12.5 Å². The number of nitrogens with one attached hydrogen (secondary N) is 1. The third-order valence-electron chi connectivity index (χ3n) is 4.35. The molecule has 1 atom stereocenters. The van der Waals surface area contributed by atoms with Gasteiger partial charge in [0, 0.05) is 61.8 Å². The number of nitrogens with zero attached hydrogens (tertiary/aromatic N) is 3. The van der Waals surface area contributed by atoms with Crippen LogP contribution in [0.25, 0.3) is 0 Å². The highest BCUT2D eigenvalue weighted by Crippen LogP contribution is 2.23. The van der Waals surface area contributed by atoms with Gasteiger partial charge >= 0.3 is 0 Å². The van der Waals surface area contributed by atoms with Gasteiger partial charge in [0.15, 0.2) is 0 Å². The molecule has 26 heavy (non-hydrogen) atoms. The van der Waals surface area contributed by atoms with Crippen molar-refractivity contribution in [3.8, 4) is 0 Å². The van der Waals surface area contributed by atoms with Crippen LogP contribution in [0.15, 0.2) is 67.5 Å². The fourth-order valence-electron chi connectivity index (χ4n) is 2.97. The molecule has 0 spiro atoms. The van der Waals surface area contributed by atoms with E-state index in [1.807, 2.05) is 59.6 Å². The molecule has 5 nitrogen and oxygen atoms in total. The minimum atomic E-state index is 0.0720. The Labute approximate surface area is 158 Å². The number of rotatable bonds is 9. The standard InChI is InChI=1S/C20H23ClN4O/c21-19-6-4-17(5-7-19)18(15-24-10-1-2-11-24)14-20(26)23-8-3-12-25-13-9-22-16-25/h1-2,4-7,9-11,13,16,18H,3,8,12,14-15H2,(H,23,26)/t18-/m0/s1. The first kappa shape index (κ1) is 18.3. The Bertz CT molecular complexity index is 782. The van der Waals surface area contributed by atoms with E-state index < -0.39 is 0 Å². The van der Waals surface area contributed by atoms with Gasteiger partial charge in [0.1, 0.15) is 0 Å². The van der Waals surface area contributed by atoms with Crippen molar-refractivity contribution < 1.29 is 4.79 Å². The summed E-state index contributed by atoms with van der Waals surface area (Å²) in [6, 6.07) is 11.8. The Morgan fingerprint density at radius 2 is 1.88 bits per heavy atom. The molecule has 3 rings (SSSR count). The summed E-state index contributed by atoms with van der Waals surface area (Å²) in [4.78, 5) is 16.4. The van der Waals surface area contributed by atoms with Gasteiger partial charge in [-0.25, -0.2) is 4.98 Å². The van der Waals surface area contributed by atoms with E-state index in [0.717, 1.165) is 25.1 Å². The van der Waals surface area contributed by atoms with Gasteiger partial charge in [0.05, 0.1) is 6.33 Å². The van der Waals surface area contributed by atoms with Crippen molar-refractivity contribution in [3.63, 3.8) is 0 Å². The predicted octanol–water partition coefficient (Wildman–Crippen LogP) is 3.72. The molecule has 0 bridgehead atoms. The number of amides is 1. The molecule has 2 aromatic heterocycles. The van der Waals surface area contributed by atoms with Crippen molar-refractivity contribution in [1.29, 1.82) is 0 Å². The fraction of sp³-hybridized carbons (Fsp3) is 0.300. The van der Waals surface area contributed by atoms with Crippen LogP contribution >= 0.6 is 11.6 Å². The number of aromatic nitrogens is 3. The van der Waals surface area contributed by atoms with Crippen molar-refractivity contribution in [1.82, 2.24) is 19.4 Å². The summed E-state index contributed by atoms with van der Waals surface area (Å²) < 4.78 is 4.11. The first-order valence-corrected chi connectivity index (χ1v) is 9.17. The smallest absolute Gasteiger partial charge is 0.220 e. The normalized spacial score (nSPS) is 12.0. The van der Waals surface area contributed by atoms with Gasteiger partial charge in [-0.3, -0.25) is 4.79 Å². The molecule has 0 saturated carbocycles. The van der Waals surface area contributed by atoms with Crippen molar-refractivity contribution >= 4 is 17.5 Å². The molecule has 0 aliphatic carbocycles. The summed E-state index contributed by atoms with van der Waals surface area (Å²) in [5, 5.41) is 3.73. The van der Waals surface area contributed by atoms with Crippen LogP contribution < -0.4 is 5.32 Å². The van der Waals surface area contributed by atoms with Gasteiger partial charge in [0.25, 0.3) is 0 Å². The monoisotopic (exact) mass is 370 g/mol. The summed E-state index contributed by atoms with van der Waals surface area (Å²) in [5.41, 5.74) is 1.12. The van der Waals surface area contributed by atoms with E-state index in [9.17, 15) is 4.79 Å². The Balaban J connectivity index is 1.54. The summed E-state index contributed by atoms with van der Waals surface area (Å²) >= 11 is 6.00. The minimum absolute atomic E-state index is 0.0720. The van der Waals surface area contributed by atoms with Crippen LogP contribution in [0.4, 0.5) is 0 Å². The zero-order chi connectivity index (χ0) is 18.2. The lowest BCUT2D eigenvalue weighted by atomic mass is 9.95. The zero-order valence-electron chi connectivity index (χ0n) is 14.6. The van der Waals surface area contributed by atoms with Gasteiger partial charge in [-0.2, -0.15) is 0 Å². The molecule has 1 amide bonds. The number of carbonyl (C=O) groups excluding carboxylic acids is 1. The molecule has 6 heteroatoms. The molecule has 2 heterocycles. The highest BCUT2D eigenvalue weighted by Gasteiger charge is 2.16. The lowest BCUT2D eigenvalue weighted by Gasteiger charge is -2.18. The number of hydrogen-bond acceptors (Lipinski definition) is 2. The summed E-state index contributed by atoms with van der Waals surface area (Å²) in [7, 11) is 0. The third-order valence-corrected chi connectivity index (χ3v) is 4.60. The molecule has 136 valence electrons. The fourth-order valence-corrected chi connectivity index (χ4v) is 3.10. The molecule has 0 aliphatic rings. The Morgan fingerprint density at radius 3 is 2.58 bits per heavy atom. The highest BCUT2D eigenvalue weighted by molar-refractivity contribution is 6.30. The van der Waals surface area contributed by atoms with E-state index in [-0.39, 0.29) is 11.8 Å². The zero-order valence-corrected chi connectivity index (χ0v) is 15.3. The van der Waals surface area contributed by atoms with Gasteiger partial charge in [0.2, 0.25) is 5.91 Å². The number of imidazole rings is 1. The van der Waals surface area contributed by atoms with Crippen molar-refractivity contribution in [2.24, 2.45) is 0 Å². The second kappa shape index (κ2) is 9.25. The lowest BCUT2D eigenvalue weighted by molar-refractivity contribution is -0.121. The van der Waals surface area contributed by atoms with Crippen LogP contribution in [-0.4, -0.2) is 26.6 Å². The topological polar surface area (TPSA) is 51.9 Å². The maximum Gasteiger partial charge on any atom is 0.220 e. The van der Waals surface area contributed by atoms with E-state index in [4.69, 9.17) is 11.6 Å². The lowest BCUT2D eigenvalue weighted by Crippen LogP contribution is -2.27. The molecule has 0 radical (unpaired) electrons. The maximum absolute atomic E-state index is 12.4. The van der Waals surface area contributed by atoms with Crippen molar-refractivity contribution in [2.75, 3.05) is 6.54 Å². The van der Waals surface area contributed by atoms with Crippen LogP contribution in [-0.2, 0) is 17.9 Å². The summed E-state index contributed by atoms with van der Waals surface area (Å²) in [6.45, 7) is 2.27. The van der Waals surface area contributed by atoms with Crippen molar-refractivity contribution in [2.45, 2.75) is 31.8 Å². The molecule has 0 saturated heterocycles. The molecule has 3 aromatic rings. The van der Waals surface area contributed by atoms with Crippen LogP contribution in [0.3, 0.4) is 0 Å². The second-order valence-corrected chi connectivity index (χ2v) is 6.77. The second-order valence-electron chi connectivity index (χ2n) is 6.34. The predicted molar refractivity (Wildman–Crippen MR) is 103 cm³/mol. The Kier molecular flexibility index (Phi) is 6.50. The van der Waals surface area contributed by atoms with Gasteiger partial charge in [-0.05, 0) is 36.2 Å². The van der Waals surface area contributed by atoms with Crippen LogP contribution in [0, 0.1) is 0 Å². The first-order chi connectivity index (χ1) is 12.7. The molecule has 0 fully saturated rings. The molecule has 1 aromatic carbocycles. The van der Waals surface area contributed by atoms with E-state index in [2.05, 4.69) is 14.9 Å². The quantitative estimate of drug-likeness (QED) is 0.583. The number of hydrogen-bond donors (Lipinski definition) is 1. The van der Waals surface area contributed by atoms with Crippen LogP contribution in [0.1, 0.15) is 24.3 Å². The highest BCUT2D eigenvalue weighted by atomic mass is 35.5. The number of benzene rings is 1. The first-order valence-electron chi connectivity index (χ1n) is 8.79. The average Bonchev–Trinajstić information content (AvgIpc) is 3.33. The van der Waals surface area contributed by atoms with E-state index in [0.29, 0.717) is 18.0 Å². The van der Waals surface area contributed by atoms with Gasteiger partial charge < -0.3 is 14.5 Å². The summed E-state index contributed by atoms with van der Waals surface area (Å²) in [5.74, 6) is 0.177. The molecular formula is C20H23ClN4O. The van der Waals surface area contributed by atoms with Crippen LogP contribution in [0.5, 0.6) is 0 Å². The minimum Gasteiger partial charge on any atom is -0.356 e.